The molecule has 0 heterocycles. The van der Waals surface area contributed by atoms with Crippen LogP contribution in [0, 0.1) is 5.41 Å². The summed E-state index contributed by atoms with van der Waals surface area (Å²) < 4.78 is 4.54. The normalized spacial score (nSPS) is 13.8. The zero-order chi connectivity index (χ0) is 11.2. The molecule has 14 heavy (non-hydrogen) atoms. The molecular formula is C10H21NO2S. The maximum Gasteiger partial charge on any atom is 0.306 e. The second-order valence-electron chi connectivity index (χ2n) is 4.37. The highest BCUT2D eigenvalue weighted by Crippen LogP contribution is 2.20. The molecule has 4 heteroatoms. The summed E-state index contributed by atoms with van der Waals surface area (Å²) >= 11 is 1.71. The lowest BCUT2D eigenvalue weighted by atomic mass is 9.89. The molecule has 0 fully saturated rings. The molecule has 1 atom stereocenters. The number of esters is 1. The fourth-order valence-electron chi connectivity index (χ4n) is 0.718. The van der Waals surface area contributed by atoms with E-state index in [1.165, 1.54) is 7.11 Å². The van der Waals surface area contributed by atoms with E-state index in [1.54, 1.807) is 11.8 Å². The van der Waals surface area contributed by atoms with E-state index in [0.29, 0.717) is 6.42 Å². The first-order chi connectivity index (χ1) is 6.38. The summed E-state index contributed by atoms with van der Waals surface area (Å²) in [6.07, 6.45) is 0.470. The van der Waals surface area contributed by atoms with Crippen LogP contribution in [-0.2, 0) is 9.53 Å². The van der Waals surface area contributed by atoms with Crippen molar-refractivity contribution in [2.75, 3.05) is 18.6 Å². The third-order valence-electron chi connectivity index (χ3n) is 2.09. The lowest BCUT2D eigenvalue weighted by Gasteiger charge is -2.26. The third-order valence-corrected chi connectivity index (χ3v) is 3.18. The molecule has 0 bridgehead atoms. The number of carbonyl (C=O) groups is 1. The van der Waals surface area contributed by atoms with E-state index < -0.39 is 0 Å². The van der Waals surface area contributed by atoms with Crippen molar-refractivity contribution in [2.45, 2.75) is 33.2 Å². The monoisotopic (exact) mass is 219 g/mol. The number of carbonyl (C=O) groups excluding carboxylic acids is 1. The molecular weight excluding hydrogens is 198 g/mol. The first-order valence-electron chi connectivity index (χ1n) is 4.78. The van der Waals surface area contributed by atoms with Crippen molar-refractivity contribution >= 4 is 17.7 Å². The number of hydrogen-bond acceptors (Lipinski definition) is 4. The Balaban J connectivity index is 3.50. The second kappa shape index (κ2) is 6.30. The minimum atomic E-state index is -0.151. The van der Waals surface area contributed by atoms with Crippen LogP contribution in [0.15, 0.2) is 0 Å². The van der Waals surface area contributed by atoms with Crippen LogP contribution in [0.5, 0.6) is 0 Å². The molecule has 0 aromatic heterocycles. The SMILES string of the molecule is COC(=O)CCSCC(N)C(C)(C)C. The summed E-state index contributed by atoms with van der Waals surface area (Å²) in [5.41, 5.74) is 6.10. The van der Waals surface area contributed by atoms with Gasteiger partial charge in [0.05, 0.1) is 13.5 Å². The minimum Gasteiger partial charge on any atom is -0.469 e. The molecule has 0 saturated heterocycles. The number of thioether (sulfide) groups is 1. The van der Waals surface area contributed by atoms with E-state index in [2.05, 4.69) is 25.5 Å². The lowest BCUT2D eigenvalue weighted by Crippen LogP contribution is -2.37. The molecule has 0 aromatic rings. The Morgan fingerprint density at radius 3 is 2.50 bits per heavy atom. The number of hydrogen-bond donors (Lipinski definition) is 1. The van der Waals surface area contributed by atoms with Crippen LogP contribution in [0.2, 0.25) is 0 Å². The number of ether oxygens (including phenoxy) is 1. The van der Waals surface area contributed by atoms with Gasteiger partial charge in [-0.25, -0.2) is 0 Å². The Morgan fingerprint density at radius 1 is 1.50 bits per heavy atom. The molecule has 1 unspecified atom stereocenters. The Bertz CT molecular complexity index is 177. The fourth-order valence-corrected chi connectivity index (χ4v) is 1.95. The van der Waals surface area contributed by atoms with E-state index in [0.717, 1.165) is 11.5 Å². The molecule has 0 aliphatic carbocycles. The molecule has 0 spiro atoms. The average Bonchev–Trinajstić information content (AvgIpc) is 2.09. The highest BCUT2D eigenvalue weighted by Gasteiger charge is 2.20. The van der Waals surface area contributed by atoms with Crippen LogP contribution in [0.3, 0.4) is 0 Å². The van der Waals surface area contributed by atoms with Gasteiger partial charge in [-0.15, -0.1) is 0 Å². The van der Waals surface area contributed by atoms with E-state index in [4.69, 9.17) is 5.73 Å². The number of methoxy groups -OCH3 is 1. The highest BCUT2D eigenvalue weighted by atomic mass is 32.2. The molecule has 3 nitrogen and oxygen atoms in total. The molecule has 0 aliphatic heterocycles. The van der Waals surface area contributed by atoms with Crippen LogP contribution >= 0.6 is 11.8 Å². The van der Waals surface area contributed by atoms with Gasteiger partial charge in [-0.3, -0.25) is 4.79 Å². The summed E-state index contributed by atoms with van der Waals surface area (Å²) in [7, 11) is 1.41. The molecule has 0 aliphatic rings. The topological polar surface area (TPSA) is 52.3 Å². The third kappa shape index (κ3) is 6.27. The van der Waals surface area contributed by atoms with E-state index in [9.17, 15) is 4.79 Å². The standard InChI is InChI=1S/C10H21NO2S/c1-10(2,3)8(11)7-14-6-5-9(12)13-4/h8H,5-7,11H2,1-4H3. The van der Waals surface area contributed by atoms with Crippen molar-refractivity contribution < 1.29 is 9.53 Å². The van der Waals surface area contributed by atoms with Crippen molar-refractivity contribution in [2.24, 2.45) is 11.1 Å². The summed E-state index contributed by atoms with van der Waals surface area (Å²) in [6.45, 7) is 6.37. The molecule has 2 N–H and O–H groups in total. The van der Waals surface area contributed by atoms with E-state index >= 15 is 0 Å². The summed E-state index contributed by atoms with van der Waals surface area (Å²) in [5, 5.41) is 0. The van der Waals surface area contributed by atoms with Gasteiger partial charge in [0.2, 0.25) is 0 Å². The maximum absolute atomic E-state index is 10.8. The molecule has 0 aromatic carbocycles. The molecule has 0 radical (unpaired) electrons. The van der Waals surface area contributed by atoms with Crippen LogP contribution in [-0.4, -0.2) is 30.6 Å². The lowest BCUT2D eigenvalue weighted by molar-refractivity contribution is -0.140. The first kappa shape index (κ1) is 13.8. The summed E-state index contributed by atoms with van der Waals surface area (Å²) in [4.78, 5) is 10.8. The van der Waals surface area contributed by atoms with Gasteiger partial charge in [-0.1, -0.05) is 20.8 Å². The van der Waals surface area contributed by atoms with Gasteiger partial charge in [0, 0.05) is 17.5 Å². The predicted octanol–water partition coefficient (Wildman–Crippen LogP) is 1.66. The summed E-state index contributed by atoms with van der Waals surface area (Å²) in [6, 6.07) is 0.171. The van der Waals surface area contributed by atoms with Crippen molar-refractivity contribution in [3.63, 3.8) is 0 Å². The Kier molecular flexibility index (Phi) is 6.20. The quantitative estimate of drug-likeness (QED) is 0.564. The second-order valence-corrected chi connectivity index (χ2v) is 5.52. The van der Waals surface area contributed by atoms with Crippen LogP contribution in [0.4, 0.5) is 0 Å². The molecule has 0 saturated carbocycles. The van der Waals surface area contributed by atoms with Crippen LogP contribution < -0.4 is 5.73 Å². The van der Waals surface area contributed by atoms with E-state index in [-0.39, 0.29) is 17.4 Å². The van der Waals surface area contributed by atoms with E-state index in [1.807, 2.05) is 0 Å². The maximum atomic E-state index is 10.8. The van der Waals surface area contributed by atoms with Gasteiger partial charge >= 0.3 is 5.97 Å². The minimum absolute atomic E-state index is 0.137. The van der Waals surface area contributed by atoms with Crippen molar-refractivity contribution in [3.05, 3.63) is 0 Å². The zero-order valence-corrected chi connectivity index (χ0v) is 10.3. The van der Waals surface area contributed by atoms with Gasteiger partial charge in [0.15, 0.2) is 0 Å². The largest absolute Gasteiger partial charge is 0.469 e. The van der Waals surface area contributed by atoms with Gasteiger partial charge in [-0.05, 0) is 5.41 Å². The summed E-state index contributed by atoms with van der Waals surface area (Å²) in [5.74, 6) is 1.53. The average molecular weight is 219 g/mol. The Labute approximate surface area is 90.8 Å². The number of rotatable bonds is 5. The van der Waals surface area contributed by atoms with Crippen LogP contribution in [0.1, 0.15) is 27.2 Å². The Hall–Kier alpha value is -0.220. The highest BCUT2D eigenvalue weighted by molar-refractivity contribution is 7.99. The van der Waals surface area contributed by atoms with Crippen LogP contribution in [0.25, 0.3) is 0 Å². The van der Waals surface area contributed by atoms with Crippen molar-refractivity contribution in [1.29, 1.82) is 0 Å². The number of nitrogens with two attached hydrogens (primary N) is 1. The molecule has 84 valence electrons. The molecule has 0 rings (SSSR count). The van der Waals surface area contributed by atoms with Crippen molar-refractivity contribution in [3.8, 4) is 0 Å². The first-order valence-corrected chi connectivity index (χ1v) is 5.93. The van der Waals surface area contributed by atoms with Gasteiger partial charge < -0.3 is 10.5 Å². The van der Waals surface area contributed by atoms with Gasteiger partial charge in [-0.2, -0.15) is 11.8 Å². The van der Waals surface area contributed by atoms with Gasteiger partial charge in [0.1, 0.15) is 0 Å². The van der Waals surface area contributed by atoms with Gasteiger partial charge in [0.25, 0.3) is 0 Å². The van der Waals surface area contributed by atoms with Crippen molar-refractivity contribution in [1.82, 2.24) is 0 Å². The fraction of sp³-hybridized carbons (Fsp3) is 0.900. The Morgan fingerprint density at radius 2 is 2.07 bits per heavy atom. The molecule has 0 amide bonds. The predicted molar refractivity (Wildman–Crippen MR) is 61.4 cm³/mol. The smallest absolute Gasteiger partial charge is 0.306 e. The zero-order valence-electron chi connectivity index (χ0n) is 9.50.